The highest BCUT2D eigenvalue weighted by Gasteiger charge is 2.09. The van der Waals surface area contributed by atoms with Gasteiger partial charge in [0.15, 0.2) is 0 Å². The Kier molecular flexibility index (Phi) is 236. The van der Waals surface area contributed by atoms with Crippen molar-refractivity contribution in [1.29, 1.82) is 0 Å². The first-order chi connectivity index (χ1) is 24.0. The van der Waals surface area contributed by atoms with E-state index in [2.05, 4.69) is 144 Å². The van der Waals surface area contributed by atoms with Crippen LogP contribution in [0.25, 0.3) is 0 Å². The second-order valence-electron chi connectivity index (χ2n) is 9.18. The van der Waals surface area contributed by atoms with Crippen LogP contribution < -0.4 is 0 Å². The maximum atomic E-state index is 4.54. The molecule has 1 heteroatoms. The van der Waals surface area contributed by atoms with Crippen LogP contribution in [-0.2, 0) is 4.74 Å². The van der Waals surface area contributed by atoms with E-state index in [4.69, 9.17) is 0 Å². The van der Waals surface area contributed by atoms with Crippen molar-refractivity contribution in [2.45, 2.75) is 205 Å². The van der Waals surface area contributed by atoms with E-state index in [1.165, 1.54) is 36.8 Å². The SMILES string of the molecule is C=C.C=C.C=C(C/C=C(C)\C=C/C)C(C)C(C)C.C=CCC.CC.CC.CC.CC.CC.CC.CCC.CCC=CCCC(C)C.CCOC. The lowest BCUT2D eigenvalue weighted by atomic mass is 9.89. The van der Waals surface area contributed by atoms with Crippen molar-refractivity contribution in [3.8, 4) is 0 Å². The highest BCUT2D eigenvalue weighted by atomic mass is 16.5. The second-order valence-corrected chi connectivity index (χ2v) is 9.18. The Hall–Kier alpha value is -1.86. The van der Waals surface area contributed by atoms with Gasteiger partial charge in [-0.25, -0.2) is 0 Å². The number of hydrogen-bond donors (Lipinski definition) is 0. The number of rotatable bonds is 11. The average Bonchev–Trinajstić information content (AvgIpc) is 3.19. The number of hydrogen-bond acceptors (Lipinski definition) is 1. The van der Waals surface area contributed by atoms with Crippen molar-refractivity contribution < 1.29 is 4.74 Å². The normalized spacial score (nSPS) is 8.66. The molecule has 0 aliphatic heterocycles. The molecular weight excluding hydrogens is 605 g/mol. The molecule has 0 aromatic carbocycles. The van der Waals surface area contributed by atoms with Gasteiger partial charge in [-0.2, -0.15) is 0 Å². The molecule has 0 saturated carbocycles. The van der Waals surface area contributed by atoms with Crippen molar-refractivity contribution >= 4 is 0 Å². The van der Waals surface area contributed by atoms with Crippen molar-refractivity contribution in [2.75, 3.05) is 13.7 Å². The summed E-state index contributed by atoms with van der Waals surface area (Å²) in [6, 6.07) is 0. The van der Waals surface area contributed by atoms with Crippen LogP contribution in [0.5, 0.6) is 0 Å². The summed E-state index contributed by atoms with van der Waals surface area (Å²) in [6.45, 7) is 70.3. The van der Waals surface area contributed by atoms with Crippen molar-refractivity contribution in [2.24, 2.45) is 17.8 Å². The van der Waals surface area contributed by atoms with Gasteiger partial charge in [-0.3, -0.25) is 0 Å². The predicted molar refractivity (Wildman–Crippen MR) is 254 cm³/mol. The Labute approximate surface area is 327 Å². The molecule has 0 heterocycles. The highest BCUT2D eigenvalue weighted by Crippen LogP contribution is 2.21. The molecule has 0 radical (unpaired) electrons. The predicted octanol–water partition coefficient (Wildman–Crippen LogP) is 19.5. The van der Waals surface area contributed by atoms with Gasteiger partial charge in [-0.05, 0) is 70.6 Å². The quantitative estimate of drug-likeness (QED) is 0.153. The molecule has 0 N–H and O–H groups in total. The smallest absolute Gasteiger partial charge is 0.0433 e. The van der Waals surface area contributed by atoms with E-state index < -0.39 is 0 Å². The van der Waals surface area contributed by atoms with Crippen LogP contribution in [0.4, 0.5) is 0 Å². The summed E-state index contributed by atoms with van der Waals surface area (Å²) in [7, 11) is 1.68. The Morgan fingerprint density at radius 2 is 0.980 bits per heavy atom. The third kappa shape index (κ3) is 192. The van der Waals surface area contributed by atoms with Gasteiger partial charge < -0.3 is 4.74 Å². The molecule has 0 aromatic heterocycles. The van der Waals surface area contributed by atoms with Crippen LogP contribution in [0.3, 0.4) is 0 Å². The van der Waals surface area contributed by atoms with Crippen LogP contribution in [0.15, 0.2) is 87.1 Å². The lowest BCUT2D eigenvalue weighted by molar-refractivity contribution is 0.215. The largest absolute Gasteiger partial charge is 0.385 e. The maximum absolute atomic E-state index is 4.54. The van der Waals surface area contributed by atoms with Crippen LogP contribution in [0, 0.1) is 17.8 Å². The summed E-state index contributed by atoms with van der Waals surface area (Å²) >= 11 is 0. The molecule has 0 aliphatic carbocycles. The summed E-state index contributed by atoms with van der Waals surface area (Å²) in [6.07, 6.45) is 20.0. The Balaban J connectivity index is -0.0000000301. The van der Waals surface area contributed by atoms with E-state index in [1.54, 1.807) is 7.11 Å². The van der Waals surface area contributed by atoms with Crippen molar-refractivity contribution in [3.05, 3.63) is 87.1 Å². The summed E-state index contributed by atoms with van der Waals surface area (Å²) < 4.78 is 4.54. The minimum Gasteiger partial charge on any atom is -0.385 e. The van der Waals surface area contributed by atoms with Crippen LogP contribution in [-0.4, -0.2) is 13.7 Å². The van der Waals surface area contributed by atoms with Gasteiger partial charge in [0.1, 0.15) is 0 Å². The van der Waals surface area contributed by atoms with Gasteiger partial charge in [0.2, 0.25) is 0 Å². The van der Waals surface area contributed by atoms with E-state index >= 15 is 0 Å². The second kappa shape index (κ2) is 136. The van der Waals surface area contributed by atoms with E-state index in [-0.39, 0.29) is 0 Å². The first-order valence-corrected chi connectivity index (χ1v) is 20.7. The molecule has 0 fully saturated rings. The first kappa shape index (κ1) is 86.6. The topological polar surface area (TPSA) is 9.23 Å². The van der Waals surface area contributed by atoms with Gasteiger partial charge in [-0.1, -0.05) is 206 Å². The molecule has 0 spiro atoms. The zero-order valence-electron chi connectivity index (χ0n) is 40.8. The van der Waals surface area contributed by atoms with Gasteiger partial charge in [0.05, 0.1) is 0 Å². The third-order valence-corrected chi connectivity index (χ3v) is 4.65. The summed E-state index contributed by atoms with van der Waals surface area (Å²) in [4.78, 5) is 0. The molecule has 312 valence electrons. The fraction of sp³-hybridized carbons (Fsp3) is 0.714. The van der Waals surface area contributed by atoms with E-state index in [0.717, 1.165) is 25.4 Å². The van der Waals surface area contributed by atoms with Gasteiger partial charge in [-0.15, -0.1) is 32.9 Å². The summed E-state index contributed by atoms with van der Waals surface area (Å²) in [5.41, 5.74) is 2.66. The standard InChI is InChI=1S/C14H24.C9H18.C4H8.C3H8O.C3H8.6C2H6.2C2H4/c1-7-8-12(4)9-10-13(5)14(6)11(2)3;1-4-5-6-7-8-9(2)3;2*1-3-4-2;1-3-2;8*1-2/h7-9,11,14H,5,10H2,1-4,6H3;5-6,9H,4,7-8H2,1-3H3;3H,1,4H2,2H3;3H2,1-2H3;3H2,1-2H3;6*1-2H3;2*1-2H2/b8-7-,12-9-;;;;;;;;;;;;. The van der Waals surface area contributed by atoms with Crippen molar-refractivity contribution in [1.82, 2.24) is 0 Å². The fourth-order valence-corrected chi connectivity index (χ4v) is 1.99. The lowest BCUT2D eigenvalue weighted by Crippen LogP contribution is -2.05. The third-order valence-electron chi connectivity index (χ3n) is 4.65. The van der Waals surface area contributed by atoms with E-state index in [1.807, 2.05) is 103 Å². The molecule has 0 rings (SSSR count). The van der Waals surface area contributed by atoms with Gasteiger partial charge in [0, 0.05) is 13.7 Å². The molecule has 1 unspecified atom stereocenters. The number of allylic oxidation sites excluding steroid dienone is 8. The summed E-state index contributed by atoms with van der Waals surface area (Å²) in [5.74, 6) is 2.16. The maximum Gasteiger partial charge on any atom is 0.0433 e. The molecule has 0 amide bonds. The molecule has 50 heavy (non-hydrogen) atoms. The monoisotopic (exact) mass is 715 g/mol. The lowest BCUT2D eigenvalue weighted by Gasteiger charge is -2.17. The minimum absolute atomic E-state index is 0.615. The summed E-state index contributed by atoms with van der Waals surface area (Å²) in [5, 5.41) is 0. The highest BCUT2D eigenvalue weighted by molar-refractivity contribution is 5.18. The van der Waals surface area contributed by atoms with Gasteiger partial charge in [0.25, 0.3) is 0 Å². The van der Waals surface area contributed by atoms with E-state index in [9.17, 15) is 0 Å². The van der Waals surface area contributed by atoms with Crippen LogP contribution in [0.1, 0.15) is 205 Å². The molecular formula is C49H110O. The van der Waals surface area contributed by atoms with E-state index in [0.29, 0.717) is 11.8 Å². The molecule has 1 atom stereocenters. The Morgan fingerprint density at radius 1 is 0.660 bits per heavy atom. The minimum atomic E-state index is 0.615. The molecule has 0 aliphatic rings. The average molecular weight is 715 g/mol. The van der Waals surface area contributed by atoms with Crippen LogP contribution >= 0.6 is 0 Å². The Morgan fingerprint density at radius 3 is 1.18 bits per heavy atom. The zero-order chi connectivity index (χ0) is 43.8. The molecule has 0 aromatic rings. The molecule has 0 bridgehead atoms. The van der Waals surface area contributed by atoms with Crippen LogP contribution in [0.2, 0.25) is 0 Å². The van der Waals surface area contributed by atoms with Gasteiger partial charge >= 0.3 is 0 Å². The van der Waals surface area contributed by atoms with Crippen molar-refractivity contribution in [3.63, 3.8) is 0 Å². The fourth-order valence-electron chi connectivity index (χ4n) is 1.99. The Bertz CT molecular complexity index is 487. The molecule has 1 nitrogen and oxygen atoms in total. The number of ether oxygens (including phenoxy) is 1. The zero-order valence-corrected chi connectivity index (χ0v) is 40.8. The molecule has 0 saturated heterocycles. The first-order valence-electron chi connectivity index (χ1n) is 20.7. The number of methoxy groups -OCH3 is 1.